The molecule has 0 saturated carbocycles. The molecule has 0 aliphatic carbocycles. The van der Waals surface area contributed by atoms with E-state index in [0.717, 1.165) is 5.69 Å². The van der Waals surface area contributed by atoms with Gasteiger partial charge < -0.3 is 5.11 Å². The van der Waals surface area contributed by atoms with E-state index in [2.05, 4.69) is 9.97 Å². The summed E-state index contributed by atoms with van der Waals surface area (Å²) in [5.41, 5.74) is 1.44. The summed E-state index contributed by atoms with van der Waals surface area (Å²) in [5.74, 6) is -1.15. The first kappa shape index (κ1) is 10.6. The predicted octanol–water partition coefficient (Wildman–Crippen LogP) is 1.79. The Morgan fingerprint density at radius 1 is 1.29 bits per heavy atom. The third kappa shape index (κ3) is 2.28. The SMILES string of the molecule is CC(C)c1cc(C(C)C(=O)O)ncn1. The number of carbonyl (C=O) groups is 1. The Morgan fingerprint density at radius 3 is 2.36 bits per heavy atom. The molecule has 0 spiro atoms. The van der Waals surface area contributed by atoms with Gasteiger partial charge in [0.05, 0.1) is 11.6 Å². The minimum Gasteiger partial charge on any atom is -0.481 e. The summed E-state index contributed by atoms with van der Waals surface area (Å²) in [5, 5.41) is 8.80. The lowest BCUT2D eigenvalue weighted by atomic mass is 10.0. The maximum atomic E-state index is 10.7. The molecule has 0 amide bonds. The van der Waals surface area contributed by atoms with Gasteiger partial charge in [0.15, 0.2) is 0 Å². The Bertz CT molecular complexity index is 337. The van der Waals surface area contributed by atoms with Crippen LogP contribution in [0.15, 0.2) is 12.4 Å². The molecule has 1 heterocycles. The van der Waals surface area contributed by atoms with Crippen LogP contribution in [0, 0.1) is 0 Å². The highest BCUT2D eigenvalue weighted by atomic mass is 16.4. The van der Waals surface area contributed by atoms with E-state index in [0.29, 0.717) is 5.69 Å². The molecule has 0 radical (unpaired) electrons. The lowest BCUT2D eigenvalue weighted by Crippen LogP contribution is -2.10. The van der Waals surface area contributed by atoms with Crippen molar-refractivity contribution in [3.63, 3.8) is 0 Å². The average Bonchev–Trinajstić information content (AvgIpc) is 2.16. The van der Waals surface area contributed by atoms with Crippen molar-refractivity contribution < 1.29 is 9.90 Å². The molecular weight excluding hydrogens is 180 g/mol. The van der Waals surface area contributed by atoms with Crippen LogP contribution in [0.4, 0.5) is 0 Å². The van der Waals surface area contributed by atoms with E-state index in [9.17, 15) is 4.79 Å². The fourth-order valence-corrected chi connectivity index (χ4v) is 1.07. The molecule has 1 N–H and O–H groups in total. The molecule has 14 heavy (non-hydrogen) atoms. The highest BCUT2D eigenvalue weighted by Gasteiger charge is 2.16. The minimum absolute atomic E-state index is 0.290. The zero-order valence-corrected chi connectivity index (χ0v) is 8.56. The van der Waals surface area contributed by atoms with Crippen molar-refractivity contribution in [2.45, 2.75) is 32.6 Å². The van der Waals surface area contributed by atoms with Crippen LogP contribution in [0.3, 0.4) is 0 Å². The molecule has 1 atom stereocenters. The Hall–Kier alpha value is -1.45. The van der Waals surface area contributed by atoms with Gasteiger partial charge in [-0.3, -0.25) is 4.79 Å². The van der Waals surface area contributed by atoms with E-state index in [1.807, 2.05) is 13.8 Å². The first-order valence-electron chi connectivity index (χ1n) is 4.57. The van der Waals surface area contributed by atoms with E-state index in [1.165, 1.54) is 6.33 Å². The molecule has 4 nitrogen and oxygen atoms in total. The van der Waals surface area contributed by atoms with Crippen LogP contribution in [-0.2, 0) is 4.79 Å². The van der Waals surface area contributed by atoms with Crippen molar-refractivity contribution in [2.24, 2.45) is 0 Å². The van der Waals surface area contributed by atoms with Crippen molar-refractivity contribution in [2.75, 3.05) is 0 Å². The third-order valence-electron chi connectivity index (χ3n) is 2.11. The molecule has 0 saturated heterocycles. The number of nitrogens with zero attached hydrogens (tertiary/aromatic N) is 2. The zero-order chi connectivity index (χ0) is 10.7. The Kier molecular flexibility index (Phi) is 3.17. The quantitative estimate of drug-likeness (QED) is 0.796. The molecular formula is C10H14N2O2. The lowest BCUT2D eigenvalue weighted by molar-refractivity contribution is -0.138. The van der Waals surface area contributed by atoms with Gasteiger partial charge in [-0.25, -0.2) is 9.97 Å². The summed E-state index contributed by atoms with van der Waals surface area (Å²) in [6.45, 7) is 5.64. The predicted molar refractivity (Wildman–Crippen MR) is 52.2 cm³/mol. The van der Waals surface area contributed by atoms with Crippen molar-refractivity contribution in [1.29, 1.82) is 0 Å². The monoisotopic (exact) mass is 194 g/mol. The van der Waals surface area contributed by atoms with Gasteiger partial charge in [-0.1, -0.05) is 13.8 Å². The van der Waals surface area contributed by atoms with Gasteiger partial charge in [0.1, 0.15) is 6.33 Å². The standard InChI is InChI=1S/C10H14N2O2/c1-6(2)8-4-9(12-5-11-8)7(3)10(13)14/h4-7H,1-3H3,(H,13,14). The second-order valence-corrected chi connectivity index (χ2v) is 3.58. The molecule has 0 aliphatic rings. The number of hydrogen-bond donors (Lipinski definition) is 1. The van der Waals surface area contributed by atoms with Gasteiger partial charge in [0, 0.05) is 5.69 Å². The van der Waals surface area contributed by atoms with Gasteiger partial charge in [0.25, 0.3) is 0 Å². The molecule has 0 bridgehead atoms. The Balaban J connectivity index is 2.99. The van der Waals surface area contributed by atoms with E-state index < -0.39 is 11.9 Å². The van der Waals surface area contributed by atoms with Crippen molar-refractivity contribution in [3.05, 3.63) is 23.8 Å². The van der Waals surface area contributed by atoms with Crippen molar-refractivity contribution in [3.8, 4) is 0 Å². The van der Waals surface area contributed by atoms with Gasteiger partial charge in [-0.05, 0) is 18.9 Å². The maximum absolute atomic E-state index is 10.7. The third-order valence-corrected chi connectivity index (χ3v) is 2.11. The summed E-state index contributed by atoms with van der Waals surface area (Å²) in [7, 11) is 0. The summed E-state index contributed by atoms with van der Waals surface area (Å²) in [6, 6.07) is 1.75. The largest absolute Gasteiger partial charge is 0.481 e. The Labute approximate surface area is 83.0 Å². The van der Waals surface area contributed by atoms with E-state index in [4.69, 9.17) is 5.11 Å². The summed E-state index contributed by atoms with van der Waals surface area (Å²) in [4.78, 5) is 18.7. The van der Waals surface area contributed by atoms with Gasteiger partial charge in [0.2, 0.25) is 0 Å². The minimum atomic E-state index is -0.863. The van der Waals surface area contributed by atoms with Crippen LogP contribution in [0.2, 0.25) is 0 Å². The van der Waals surface area contributed by atoms with Crippen LogP contribution < -0.4 is 0 Å². The van der Waals surface area contributed by atoms with Gasteiger partial charge >= 0.3 is 5.97 Å². The topological polar surface area (TPSA) is 63.1 Å². The number of carboxylic acid groups (broad SMARTS) is 1. The highest BCUT2D eigenvalue weighted by molar-refractivity contribution is 5.74. The zero-order valence-electron chi connectivity index (χ0n) is 8.56. The van der Waals surface area contributed by atoms with Crippen LogP contribution in [0.5, 0.6) is 0 Å². The number of aromatic nitrogens is 2. The molecule has 0 fully saturated rings. The normalized spacial score (nSPS) is 12.9. The average molecular weight is 194 g/mol. The molecule has 1 rings (SSSR count). The second kappa shape index (κ2) is 4.17. The first-order valence-corrected chi connectivity index (χ1v) is 4.57. The Morgan fingerprint density at radius 2 is 1.86 bits per heavy atom. The fourth-order valence-electron chi connectivity index (χ4n) is 1.07. The van der Waals surface area contributed by atoms with Gasteiger partial charge in [-0.15, -0.1) is 0 Å². The lowest BCUT2D eigenvalue weighted by Gasteiger charge is -2.08. The van der Waals surface area contributed by atoms with E-state index in [-0.39, 0.29) is 5.92 Å². The van der Waals surface area contributed by atoms with Crippen molar-refractivity contribution >= 4 is 5.97 Å². The molecule has 1 aromatic rings. The molecule has 0 aromatic carbocycles. The summed E-state index contributed by atoms with van der Waals surface area (Å²) in [6.07, 6.45) is 1.42. The van der Waals surface area contributed by atoms with Crippen LogP contribution in [-0.4, -0.2) is 21.0 Å². The van der Waals surface area contributed by atoms with E-state index >= 15 is 0 Å². The van der Waals surface area contributed by atoms with Crippen LogP contribution >= 0.6 is 0 Å². The smallest absolute Gasteiger partial charge is 0.312 e. The highest BCUT2D eigenvalue weighted by Crippen LogP contribution is 2.16. The second-order valence-electron chi connectivity index (χ2n) is 3.58. The van der Waals surface area contributed by atoms with E-state index in [1.54, 1.807) is 13.0 Å². The number of rotatable bonds is 3. The molecule has 76 valence electrons. The van der Waals surface area contributed by atoms with Gasteiger partial charge in [-0.2, -0.15) is 0 Å². The molecule has 0 aliphatic heterocycles. The maximum Gasteiger partial charge on any atom is 0.312 e. The number of hydrogen-bond acceptors (Lipinski definition) is 3. The molecule has 1 aromatic heterocycles. The molecule has 4 heteroatoms. The summed E-state index contributed by atoms with van der Waals surface area (Å²) < 4.78 is 0. The number of carboxylic acids is 1. The van der Waals surface area contributed by atoms with Crippen LogP contribution in [0.25, 0.3) is 0 Å². The fraction of sp³-hybridized carbons (Fsp3) is 0.500. The number of aliphatic carboxylic acids is 1. The van der Waals surface area contributed by atoms with Crippen LogP contribution in [0.1, 0.15) is 44.0 Å². The molecule has 1 unspecified atom stereocenters. The first-order chi connectivity index (χ1) is 6.52. The summed E-state index contributed by atoms with van der Waals surface area (Å²) >= 11 is 0. The van der Waals surface area contributed by atoms with Crippen molar-refractivity contribution in [1.82, 2.24) is 9.97 Å².